The first-order valence-corrected chi connectivity index (χ1v) is 13.6. The maximum absolute atomic E-state index is 10.5. The molecule has 1 fully saturated rings. The number of thioether (sulfide) groups is 2. The predicted octanol–water partition coefficient (Wildman–Crippen LogP) is 4.79. The smallest absolute Gasteiger partial charge is 0.313 e. The summed E-state index contributed by atoms with van der Waals surface area (Å²) in [5.74, 6) is 0.891. The highest BCUT2D eigenvalue weighted by molar-refractivity contribution is 9.10. The fourth-order valence-corrected chi connectivity index (χ4v) is 7.07. The summed E-state index contributed by atoms with van der Waals surface area (Å²) in [6, 6.07) is 2.08. The summed E-state index contributed by atoms with van der Waals surface area (Å²) in [5, 5.41) is 29.6. The highest BCUT2D eigenvalue weighted by Gasteiger charge is 2.39. The van der Waals surface area contributed by atoms with Gasteiger partial charge in [0.1, 0.15) is 0 Å². The molecule has 4 nitrogen and oxygen atoms in total. The molecule has 0 bridgehead atoms. The van der Waals surface area contributed by atoms with Crippen LogP contribution in [0.3, 0.4) is 0 Å². The third-order valence-corrected chi connectivity index (χ3v) is 9.51. The minimum absolute atomic E-state index is 0.0614. The average molecular weight is 531 g/mol. The van der Waals surface area contributed by atoms with E-state index in [0.717, 1.165) is 4.47 Å². The highest BCUT2D eigenvalue weighted by Crippen LogP contribution is 2.42. The molecule has 1 aromatic rings. The lowest BCUT2D eigenvalue weighted by atomic mass is 9.80. The third kappa shape index (κ3) is 8.39. The number of hydrogen-bond donors (Lipinski definition) is 3. The Balaban J connectivity index is 1.88. The molecule has 9 heteroatoms. The Morgan fingerprint density at radius 1 is 1.47 bits per heavy atom. The van der Waals surface area contributed by atoms with Gasteiger partial charge in [0.05, 0.1) is 30.0 Å². The van der Waals surface area contributed by atoms with E-state index in [2.05, 4.69) is 28.9 Å². The Morgan fingerprint density at radius 3 is 2.87 bits per heavy atom. The normalized spacial score (nSPS) is 25.5. The Kier molecular flexibility index (Phi) is 11.6. The zero-order valence-corrected chi connectivity index (χ0v) is 21.0. The van der Waals surface area contributed by atoms with Gasteiger partial charge in [0.25, 0.3) is 0 Å². The largest absolute Gasteiger partial charge is 0.481 e. The van der Waals surface area contributed by atoms with Crippen molar-refractivity contribution in [3.63, 3.8) is 0 Å². The molecule has 2 radical (unpaired) electrons. The van der Waals surface area contributed by atoms with Crippen LogP contribution < -0.4 is 0 Å². The number of allylic oxidation sites excluding steroid dienone is 2. The molecule has 164 valence electrons. The zero-order valence-electron chi connectivity index (χ0n) is 16.9. The summed E-state index contributed by atoms with van der Waals surface area (Å²) >= 11 is 8.21. The maximum Gasteiger partial charge on any atom is 0.313 e. The van der Waals surface area contributed by atoms with Crippen LogP contribution in [0.1, 0.15) is 17.7 Å². The molecule has 1 saturated carbocycles. The van der Waals surface area contributed by atoms with Gasteiger partial charge < -0.3 is 15.3 Å². The van der Waals surface area contributed by atoms with Gasteiger partial charge in [-0.1, -0.05) is 30.6 Å². The molecule has 0 amide bonds. The molecule has 1 aromatic heterocycles. The van der Waals surface area contributed by atoms with Gasteiger partial charge in [-0.3, -0.25) is 4.79 Å². The second-order valence-electron chi connectivity index (χ2n) is 7.39. The Morgan fingerprint density at radius 2 is 2.23 bits per heavy atom. The summed E-state index contributed by atoms with van der Waals surface area (Å²) in [5.41, 5.74) is 0. The molecular formula is C21H28BBrO4S3. The van der Waals surface area contributed by atoms with E-state index in [-0.39, 0.29) is 23.5 Å². The summed E-state index contributed by atoms with van der Waals surface area (Å²) in [4.78, 5) is 11.8. The Bertz CT molecular complexity index is 720. The molecule has 2 rings (SSSR count). The van der Waals surface area contributed by atoms with Gasteiger partial charge in [0.2, 0.25) is 0 Å². The molecule has 0 aromatic carbocycles. The molecule has 0 saturated heterocycles. The fourth-order valence-electron chi connectivity index (χ4n) is 3.64. The molecule has 5 atom stereocenters. The number of carbonyl (C=O) groups is 1. The van der Waals surface area contributed by atoms with Crippen molar-refractivity contribution in [1.29, 1.82) is 0 Å². The van der Waals surface area contributed by atoms with Crippen molar-refractivity contribution in [1.82, 2.24) is 0 Å². The van der Waals surface area contributed by atoms with Crippen LogP contribution in [0, 0.1) is 24.7 Å². The lowest BCUT2D eigenvalue weighted by Crippen LogP contribution is -2.19. The zero-order chi connectivity index (χ0) is 22.1. The van der Waals surface area contributed by atoms with Crippen LogP contribution in [0.2, 0.25) is 6.32 Å². The lowest BCUT2D eigenvalue weighted by molar-refractivity contribution is -0.133. The van der Waals surface area contributed by atoms with Gasteiger partial charge in [-0.05, 0) is 59.5 Å². The fraction of sp³-hybridized carbons (Fsp3) is 0.571. The van der Waals surface area contributed by atoms with Crippen molar-refractivity contribution in [3.05, 3.63) is 39.7 Å². The standard InChI is InChI=1S/C21H28BBrO4S3/c1-13-18(23)9-21(30-13)29-11-15(24)5-6-16-14(10-22)8-19(25)17(16)4-2-3-7-28-12-20(26)27/h2-3,5-6,9,14-17,19,24-25H,4,7-8,10-12H2,1H3,(H,26,27)/t14-,15+,16-,17+,19?/m0/s1. The minimum atomic E-state index is -0.811. The van der Waals surface area contributed by atoms with Crippen LogP contribution in [0.5, 0.6) is 0 Å². The number of thiophene rings is 1. The molecule has 0 spiro atoms. The summed E-state index contributed by atoms with van der Waals surface area (Å²) in [6.07, 6.45) is 8.78. The van der Waals surface area contributed by atoms with Crippen LogP contribution >= 0.6 is 50.8 Å². The van der Waals surface area contributed by atoms with E-state index in [1.54, 1.807) is 23.1 Å². The van der Waals surface area contributed by atoms with E-state index in [1.165, 1.54) is 20.8 Å². The highest BCUT2D eigenvalue weighted by atomic mass is 79.9. The number of carboxylic acids is 1. The lowest BCUT2D eigenvalue weighted by Gasteiger charge is -2.21. The number of halogens is 1. The van der Waals surface area contributed by atoms with Crippen molar-refractivity contribution in [2.45, 2.75) is 42.5 Å². The van der Waals surface area contributed by atoms with Gasteiger partial charge in [-0.2, -0.15) is 0 Å². The van der Waals surface area contributed by atoms with Crippen LogP contribution in [-0.4, -0.2) is 58.6 Å². The van der Waals surface area contributed by atoms with E-state index in [4.69, 9.17) is 13.0 Å². The number of aliphatic carboxylic acids is 1. The van der Waals surface area contributed by atoms with E-state index in [1.807, 2.05) is 24.3 Å². The van der Waals surface area contributed by atoms with Gasteiger partial charge in [-0.25, -0.2) is 0 Å². The molecule has 30 heavy (non-hydrogen) atoms. The van der Waals surface area contributed by atoms with Crippen LogP contribution in [0.4, 0.5) is 0 Å². The number of rotatable bonds is 12. The number of aryl methyl sites for hydroxylation is 1. The number of carboxylic acid groups (broad SMARTS) is 1. The first-order valence-electron chi connectivity index (χ1n) is 9.89. The summed E-state index contributed by atoms with van der Waals surface area (Å²) < 4.78 is 2.27. The maximum atomic E-state index is 10.5. The van der Waals surface area contributed by atoms with Gasteiger partial charge >= 0.3 is 5.97 Å². The molecule has 3 N–H and O–H groups in total. The van der Waals surface area contributed by atoms with Crippen LogP contribution in [0.15, 0.2) is 39.1 Å². The SMILES string of the molecule is [B]C[C@@H]1CC(O)[C@H](CC=CCSCC(=O)O)[C@H]1C=C[C@@H](O)CSc1cc(Br)c(C)s1. The van der Waals surface area contributed by atoms with Crippen LogP contribution in [0.25, 0.3) is 0 Å². The van der Waals surface area contributed by atoms with Gasteiger partial charge in [0.15, 0.2) is 0 Å². The molecular weight excluding hydrogens is 503 g/mol. The second kappa shape index (κ2) is 13.4. The molecule has 0 aliphatic heterocycles. The first kappa shape index (κ1) is 26.1. The molecule has 1 heterocycles. The minimum Gasteiger partial charge on any atom is -0.481 e. The van der Waals surface area contributed by atoms with Crippen molar-refractivity contribution < 1.29 is 20.1 Å². The van der Waals surface area contributed by atoms with Crippen molar-refractivity contribution in [2.24, 2.45) is 17.8 Å². The Labute approximate surface area is 201 Å². The topological polar surface area (TPSA) is 77.8 Å². The summed E-state index contributed by atoms with van der Waals surface area (Å²) in [7, 11) is 5.94. The monoisotopic (exact) mass is 530 g/mol. The van der Waals surface area contributed by atoms with Crippen molar-refractivity contribution in [2.75, 3.05) is 17.3 Å². The molecule has 1 aliphatic rings. The van der Waals surface area contributed by atoms with E-state index in [0.29, 0.717) is 30.7 Å². The van der Waals surface area contributed by atoms with E-state index < -0.39 is 18.2 Å². The molecule has 1 aliphatic carbocycles. The van der Waals surface area contributed by atoms with Crippen molar-refractivity contribution >= 4 is 64.6 Å². The van der Waals surface area contributed by atoms with E-state index >= 15 is 0 Å². The van der Waals surface area contributed by atoms with Gasteiger partial charge in [0, 0.05) is 20.9 Å². The second-order valence-corrected chi connectivity index (χ2v) is 11.8. The third-order valence-electron chi connectivity index (χ3n) is 5.18. The number of aliphatic hydroxyl groups excluding tert-OH is 2. The van der Waals surface area contributed by atoms with E-state index in [9.17, 15) is 15.0 Å². The summed E-state index contributed by atoms with van der Waals surface area (Å²) in [6.45, 7) is 2.06. The predicted molar refractivity (Wildman–Crippen MR) is 133 cm³/mol. The number of hydrogen-bond acceptors (Lipinski definition) is 6. The first-order chi connectivity index (χ1) is 14.3. The Hall–Kier alpha value is -0.185. The number of aliphatic hydroxyl groups is 2. The van der Waals surface area contributed by atoms with Crippen LogP contribution in [-0.2, 0) is 4.79 Å². The average Bonchev–Trinajstić information content (AvgIpc) is 3.19. The molecule has 1 unspecified atom stereocenters. The van der Waals surface area contributed by atoms with Crippen molar-refractivity contribution in [3.8, 4) is 0 Å². The quantitative estimate of drug-likeness (QED) is 0.156. The van der Waals surface area contributed by atoms with Gasteiger partial charge in [-0.15, -0.1) is 34.9 Å².